The van der Waals surface area contributed by atoms with Gasteiger partial charge < -0.3 is 14.6 Å². The van der Waals surface area contributed by atoms with E-state index in [0.29, 0.717) is 0 Å². The minimum Gasteiger partial charge on any atom is -0.385 e. The summed E-state index contributed by atoms with van der Waals surface area (Å²) < 4.78 is 7.51. The van der Waals surface area contributed by atoms with Crippen molar-refractivity contribution in [2.45, 2.75) is 51.7 Å². The Morgan fingerprint density at radius 2 is 2.24 bits per heavy atom. The highest BCUT2D eigenvalue weighted by Crippen LogP contribution is 2.25. The van der Waals surface area contributed by atoms with Crippen LogP contribution in [-0.4, -0.2) is 29.3 Å². The molecule has 0 amide bonds. The van der Waals surface area contributed by atoms with Gasteiger partial charge in [-0.2, -0.15) is 0 Å². The summed E-state index contributed by atoms with van der Waals surface area (Å²) in [6.07, 6.45) is 9.09. The molecule has 2 aromatic rings. The first-order valence-electron chi connectivity index (χ1n) is 7.95. The number of rotatable bonds is 8. The molecule has 2 heterocycles. The Balaban J connectivity index is 1.79. The molecule has 0 saturated heterocycles. The Morgan fingerprint density at radius 1 is 1.38 bits per heavy atom. The molecule has 0 radical (unpaired) electrons. The molecule has 4 nitrogen and oxygen atoms in total. The predicted molar refractivity (Wildman–Crippen MR) is 85.4 cm³/mol. The first-order chi connectivity index (χ1) is 10.3. The molecule has 1 saturated carbocycles. The lowest BCUT2D eigenvalue weighted by molar-refractivity contribution is 0.191. The molecule has 2 aromatic heterocycles. The minimum atomic E-state index is 0.731. The SMILES string of the molecule is COCCCCn1cc(CNC2CC2)c2nccc(C)c21. The molecule has 0 spiro atoms. The van der Waals surface area contributed by atoms with Gasteiger partial charge >= 0.3 is 0 Å². The summed E-state index contributed by atoms with van der Waals surface area (Å²) in [7, 11) is 1.76. The van der Waals surface area contributed by atoms with Crippen molar-refractivity contribution in [3.8, 4) is 0 Å². The highest BCUT2D eigenvalue weighted by Gasteiger charge is 2.21. The van der Waals surface area contributed by atoms with Crippen LogP contribution in [0.25, 0.3) is 11.0 Å². The maximum atomic E-state index is 5.14. The van der Waals surface area contributed by atoms with Gasteiger partial charge in [-0.15, -0.1) is 0 Å². The van der Waals surface area contributed by atoms with E-state index in [1.807, 2.05) is 6.20 Å². The van der Waals surface area contributed by atoms with Crippen molar-refractivity contribution >= 4 is 11.0 Å². The van der Waals surface area contributed by atoms with Crippen LogP contribution in [0.2, 0.25) is 0 Å². The molecule has 21 heavy (non-hydrogen) atoms. The third-order valence-corrected chi connectivity index (χ3v) is 4.19. The van der Waals surface area contributed by atoms with Gasteiger partial charge in [0, 0.05) is 50.8 Å². The lowest BCUT2D eigenvalue weighted by Crippen LogP contribution is -2.15. The minimum absolute atomic E-state index is 0.731. The highest BCUT2D eigenvalue weighted by atomic mass is 16.5. The summed E-state index contributed by atoms with van der Waals surface area (Å²) in [5.41, 5.74) is 5.09. The second-order valence-electron chi connectivity index (χ2n) is 6.03. The number of methoxy groups -OCH3 is 1. The van der Waals surface area contributed by atoms with E-state index in [1.165, 1.54) is 29.5 Å². The van der Waals surface area contributed by atoms with Gasteiger partial charge in [0.05, 0.1) is 11.0 Å². The zero-order chi connectivity index (χ0) is 14.7. The van der Waals surface area contributed by atoms with Gasteiger partial charge in [-0.25, -0.2) is 0 Å². The fourth-order valence-electron chi connectivity index (χ4n) is 2.84. The first-order valence-corrected chi connectivity index (χ1v) is 7.95. The van der Waals surface area contributed by atoms with Crippen molar-refractivity contribution in [2.75, 3.05) is 13.7 Å². The predicted octanol–water partition coefficient (Wildman–Crippen LogP) is 3.02. The maximum absolute atomic E-state index is 5.14. The number of fused-ring (bicyclic) bond motifs is 1. The van der Waals surface area contributed by atoms with Gasteiger partial charge in [0.1, 0.15) is 0 Å². The van der Waals surface area contributed by atoms with E-state index in [4.69, 9.17) is 4.74 Å². The molecule has 0 atom stereocenters. The molecular weight excluding hydrogens is 262 g/mol. The summed E-state index contributed by atoms with van der Waals surface area (Å²) in [6.45, 7) is 4.98. The fourth-order valence-corrected chi connectivity index (χ4v) is 2.84. The molecule has 3 rings (SSSR count). The van der Waals surface area contributed by atoms with Crippen LogP contribution in [-0.2, 0) is 17.8 Å². The number of nitrogens with one attached hydrogen (secondary N) is 1. The standard InChI is InChI=1S/C17H25N3O/c1-13-7-8-18-16-14(11-19-15-5-6-15)12-20(17(13)16)9-3-4-10-21-2/h7-8,12,15,19H,3-6,9-11H2,1-2H3. The third kappa shape index (κ3) is 3.44. The van der Waals surface area contributed by atoms with Crippen LogP contribution in [0.15, 0.2) is 18.5 Å². The van der Waals surface area contributed by atoms with E-state index in [2.05, 4.69) is 34.1 Å². The number of aryl methyl sites for hydroxylation is 2. The van der Waals surface area contributed by atoms with Gasteiger partial charge in [0.25, 0.3) is 0 Å². The lowest BCUT2D eigenvalue weighted by atomic mass is 10.2. The quantitative estimate of drug-likeness (QED) is 0.759. The largest absolute Gasteiger partial charge is 0.385 e. The third-order valence-electron chi connectivity index (χ3n) is 4.19. The summed E-state index contributed by atoms with van der Waals surface area (Å²) >= 11 is 0. The molecule has 0 aromatic carbocycles. The van der Waals surface area contributed by atoms with E-state index >= 15 is 0 Å². The smallest absolute Gasteiger partial charge is 0.0928 e. The average molecular weight is 287 g/mol. The molecular formula is C17H25N3O. The first kappa shape index (κ1) is 14.5. The van der Waals surface area contributed by atoms with Crippen molar-refractivity contribution in [1.29, 1.82) is 0 Å². The highest BCUT2D eigenvalue weighted by molar-refractivity contribution is 5.82. The normalized spacial score (nSPS) is 15.0. The van der Waals surface area contributed by atoms with Crippen molar-refractivity contribution < 1.29 is 4.74 Å². The zero-order valence-corrected chi connectivity index (χ0v) is 13.1. The Hall–Kier alpha value is -1.39. The molecule has 1 aliphatic carbocycles. The number of hydrogen-bond acceptors (Lipinski definition) is 3. The molecule has 0 aliphatic heterocycles. The second-order valence-corrected chi connectivity index (χ2v) is 6.03. The molecule has 0 bridgehead atoms. The van der Waals surface area contributed by atoms with Crippen LogP contribution in [0.5, 0.6) is 0 Å². The fraction of sp³-hybridized carbons (Fsp3) is 0.588. The van der Waals surface area contributed by atoms with Gasteiger partial charge in [-0.3, -0.25) is 4.98 Å². The number of aromatic nitrogens is 2. The number of ether oxygens (including phenoxy) is 1. The lowest BCUT2D eigenvalue weighted by Gasteiger charge is -2.06. The molecule has 1 aliphatic rings. The summed E-state index contributed by atoms with van der Waals surface area (Å²) in [4.78, 5) is 4.62. The van der Waals surface area contributed by atoms with Gasteiger partial charge in [0.15, 0.2) is 0 Å². The van der Waals surface area contributed by atoms with Crippen molar-refractivity contribution in [1.82, 2.24) is 14.9 Å². The van der Waals surface area contributed by atoms with E-state index in [9.17, 15) is 0 Å². The second kappa shape index (κ2) is 6.58. The summed E-state index contributed by atoms with van der Waals surface area (Å²) in [5, 5.41) is 3.60. The average Bonchev–Trinajstić information content (AvgIpc) is 3.24. The summed E-state index contributed by atoms with van der Waals surface area (Å²) in [6, 6.07) is 2.83. The molecule has 1 fully saturated rings. The number of nitrogens with zero attached hydrogens (tertiary/aromatic N) is 2. The Kier molecular flexibility index (Phi) is 4.56. The van der Waals surface area contributed by atoms with Gasteiger partial charge in [-0.1, -0.05) is 0 Å². The summed E-state index contributed by atoms with van der Waals surface area (Å²) in [5.74, 6) is 0. The van der Waals surface area contributed by atoms with Crippen LogP contribution in [0.3, 0.4) is 0 Å². The topological polar surface area (TPSA) is 39.1 Å². The van der Waals surface area contributed by atoms with E-state index in [-0.39, 0.29) is 0 Å². The van der Waals surface area contributed by atoms with Crippen LogP contribution in [0, 0.1) is 6.92 Å². The van der Waals surface area contributed by atoms with Gasteiger partial charge in [0.2, 0.25) is 0 Å². The van der Waals surface area contributed by atoms with Crippen molar-refractivity contribution in [3.05, 3.63) is 29.6 Å². The molecule has 4 heteroatoms. The molecule has 1 N–H and O–H groups in total. The van der Waals surface area contributed by atoms with Gasteiger partial charge in [-0.05, 0) is 44.2 Å². The Bertz CT molecular complexity index is 601. The van der Waals surface area contributed by atoms with Crippen LogP contribution in [0.4, 0.5) is 0 Å². The van der Waals surface area contributed by atoms with E-state index in [1.54, 1.807) is 7.11 Å². The Labute approximate surface area is 126 Å². The monoisotopic (exact) mass is 287 g/mol. The molecule has 114 valence electrons. The maximum Gasteiger partial charge on any atom is 0.0928 e. The number of pyridine rings is 1. The van der Waals surface area contributed by atoms with E-state index < -0.39 is 0 Å². The van der Waals surface area contributed by atoms with Crippen LogP contribution >= 0.6 is 0 Å². The zero-order valence-electron chi connectivity index (χ0n) is 13.1. The van der Waals surface area contributed by atoms with Crippen molar-refractivity contribution in [3.63, 3.8) is 0 Å². The number of hydrogen-bond donors (Lipinski definition) is 1. The van der Waals surface area contributed by atoms with E-state index in [0.717, 1.165) is 44.1 Å². The van der Waals surface area contributed by atoms with Crippen LogP contribution < -0.4 is 5.32 Å². The number of unbranched alkanes of at least 4 members (excludes halogenated alkanes) is 1. The van der Waals surface area contributed by atoms with Crippen molar-refractivity contribution in [2.24, 2.45) is 0 Å². The Morgan fingerprint density at radius 3 is 3.00 bits per heavy atom. The van der Waals surface area contributed by atoms with Crippen LogP contribution in [0.1, 0.15) is 36.8 Å². The molecule has 0 unspecified atom stereocenters.